The van der Waals surface area contributed by atoms with Gasteiger partial charge in [0.15, 0.2) is 11.5 Å². The fourth-order valence-corrected chi connectivity index (χ4v) is 3.83. The number of aromatic amines is 1. The average Bonchev–Trinajstić information content (AvgIpc) is 3.17. The Morgan fingerprint density at radius 1 is 0.893 bits per heavy atom. The zero-order valence-electron chi connectivity index (χ0n) is 14.7. The largest absolute Gasteiger partial charge is 0.508 e. The summed E-state index contributed by atoms with van der Waals surface area (Å²) in [5.74, 6) is -0.685. The number of nitrogens with one attached hydrogen (secondary N) is 2. The molecule has 0 spiro atoms. The Labute approximate surface area is 158 Å². The lowest BCUT2D eigenvalue weighted by atomic mass is 9.92. The molecule has 4 N–H and O–H groups in total. The number of carbonyl (C=O) groups is 2. The van der Waals surface area contributed by atoms with Crippen molar-refractivity contribution in [1.29, 1.82) is 0 Å². The quantitative estimate of drug-likeness (QED) is 0.402. The molecule has 0 atom stereocenters. The fourth-order valence-electron chi connectivity index (χ4n) is 3.83. The standard InChI is InChI=1S/C21H14N2O5/c1-28-16-5-2-9(6-15(16)25)11-8-14-17(19-18(11)20(26)23-21(19)27)12-7-10(24)3-4-13(12)22-14/h2-8,22,24-25H,1H3,(H,23,26,27). The first-order valence-electron chi connectivity index (χ1n) is 8.52. The molecule has 28 heavy (non-hydrogen) atoms. The number of fused-ring (bicyclic) bond motifs is 5. The molecule has 2 amide bonds. The van der Waals surface area contributed by atoms with E-state index >= 15 is 0 Å². The number of phenolic OH excluding ortho intramolecular Hbond substituents is 2. The maximum atomic E-state index is 12.6. The van der Waals surface area contributed by atoms with Crippen molar-refractivity contribution in [2.75, 3.05) is 7.11 Å². The Kier molecular flexibility index (Phi) is 3.18. The lowest BCUT2D eigenvalue weighted by molar-refractivity contribution is 0.0880. The van der Waals surface area contributed by atoms with Crippen molar-refractivity contribution in [3.63, 3.8) is 0 Å². The molecule has 0 aliphatic carbocycles. The second-order valence-corrected chi connectivity index (χ2v) is 6.62. The van der Waals surface area contributed by atoms with E-state index in [-0.39, 0.29) is 22.6 Å². The van der Waals surface area contributed by atoms with Crippen LogP contribution in [0.3, 0.4) is 0 Å². The summed E-state index contributed by atoms with van der Waals surface area (Å²) >= 11 is 0. The summed E-state index contributed by atoms with van der Waals surface area (Å²) < 4.78 is 5.07. The molecule has 0 radical (unpaired) electrons. The van der Waals surface area contributed by atoms with Crippen LogP contribution in [0.4, 0.5) is 0 Å². The summed E-state index contributed by atoms with van der Waals surface area (Å²) in [7, 11) is 1.45. The Balaban J connectivity index is 1.90. The maximum absolute atomic E-state index is 12.6. The molecule has 0 saturated heterocycles. The first kappa shape index (κ1) is 16.2. The molecule has 138 valence electrons. The van der Waals surface area contributed by atoms with Gasteiger partial charge in [-0.15, -0.1) is 0 Å². The van der Waals surface area contributed by atoms with Crippen LogP contribution in [0.25, 0.3) is 32.9 Å². The van der Waals surface area contributed by atoms with Gasteiger partial charge in [-0.05, 0) is 47.5 Å². The van der Waals surface area contributed by atoms with Gasteiger partial charge >= 0.3 is 0 Å². The number of imide groups is 1. The highest BCUT2D eigenvalue weighted by molar-refractivity contribution is 6.32. The number of H-pyrrole nitrogens is 1. The van der Waals surface area contributed by atoms with Gasteiger partial charge in [0.1, 0.15) is 5.75 Å². The highest BCUT2D eigenvalue weighted by Gasteiger charge is 2.33. The molecule has 1 aromatic heterocycles. The molecule has 1 aliphatic rings. The van der Waals surface area contributed by atoms with Gasteiger partial charge in [-0.1, -0.05) is 6.07 Å². The third-order valence-corrected chi connectivity index (χ3v) is 5.04. The van der Waals surface area contributed by atoms with Crippen molar-refractivity contribution in [3.8, 4) is 28.4 Å². The topological polar surface area (TPSA) is 112 Å². The summed E-state index contributed by atoms with van der Waals surface area (Å²) in [5.41, 5.74) is 2.96. The minimum atomic E-state index is -0.498. The van der Waals surface area contributed by atoms with E-state index in [4.69, 9.17) is 4.74 Å². The minimum absolute atomic E-state index is 0.0658. The van der Waals surface area contributed by atoms with Gasteiger partial charge < -0.3 is 19.9 Å². The number of amides is 2. The lowest BCUT2D eigenvalue weighted by Gasteiger charge is -2.10. The van der Waals surface area contributed by atoms with E-state index in [1.54, 1.807) is 36.4 Å². The predicted molar refractivity (Wildman–Crippen MR) is 103 cm³/mol. The number of hydrogen-bond donors (Lipinski definition) is 4. The van der Waals surface area contributed by atoms with Crippen molar-refractivity contribution >= 4 is 33.6 Å². The third kappa shape index (κ3) is 2.10. The molecule has 1 aliphatic heterocycles. The fraction of sp³-hybridized carbons (Fsp3) is 0.0476. The number of carbonyl (C=O) groups excluding carboxylic acids is 2. The van der Waals surface area contributed by atoms with E-state index < -0.39 is 11.8 Å². The highest BCUT2D eigenvalue weighted by Crippen LogP contribution is 2.41. The Bertz CT molecular complexity index is 1340. The van der Waals surface area contributed by atoms with E-state index in [9.17, 15) is 19.8 Å². The molecule has 7 heteroatoms. The summed E-state index contributed by atoms with van der Waals surface area (Å²) in [5, 5.41) is 23.6. The van der Waals surface area contributed by atoms with E-state index in [0.717, 1.165) is 5.52 Å². The number of benzene rings is 3. The Morgan fingerprint density at radius 3 is 2.43 bits per heavy atom. The predicted octanol–water partition coefficient (Wildman–Crippen LogP) is 3.29. The smallest absolute Gasteiger partial charge is 0.259 e. The van der Waals surface area contributed by atoms with Crippen molar-refractivity contribution in [2.24, 2.45) is 0 Å². The minimum Gasteiger partial charge on any atom is -0.508 e. The van der Waals surface area contributed by atoms with Gasteiger partial charge in [0.2, 0.25) is 0 Å². The molecule has 5 rings (SSSR count). The van der Waals surface area contributed by atoms with Gasteiger partial charge in [0, 0.05) is 21.8 Å². The molecule has 2 heterocycles. The van der Waals surface area contributed by atoms with E-state index in [1.165, 1.54) is 13.2 Å². The Hall–Kier alpha value is -4.00. The monoisotopic (exact) mass is 374 g/mol. The number of ether oxygens (including phenoxy) is 1. The second kappa shape index (κ2) is 5.50. The zero-order chi connectivity index (χ0) is 19.6. The van der Waals surface area contributed by atoms with Crippen molar-refractivity contribution < 1.29 is 24.5 Å². The molecule has 0 saturated carbocycles. The molecule has 3 aromatic carbocycles. The average molecular weight is 374 g/mol. The zero-order valence-corrected chi connectivity index (χ0v) is 14.7. The number of rotatable bonds is 2. The number of hydrogen-bond acceptors (Lipinski definition) is 5. The molecule has 0 bridgehead atoms. The van der Waals surface area contributed by atoms with Gasteiger partial charge in [-0.3, -0.25) is 14.9 Å². The third-order valence-electron chi connectivity index (χ3n) is 5.04. The number of phenols is 2. The van der Waals surface area contributed by atoms with E-state index in [2.05, 4.69) is 10.3 Å². The summed E-state index contributed by atoms with van der Waals surface area (Å²) in [6.07, 6.45) is 0. The molecule has 0 unspecified atom stereocenters. The van der Waals surface area contributed by atoms with Crippen LogP contribution in [-0.4, -0.2) is 34.1 Å². The SMILES string of the molecule is COc1ccc(-c2cc3[nH]c4ccc(O)cc4c3c3c2C(=O)NC3=O)cc1O. The molecular weight excluding hydrogens is 360 g/mol. The van der Waals surface area contributed by atoms with Gasteiger partial charge in [0.25, 0.3) is 11.8 Å². The first-order chi connectivity index (χ1) is 13.5. The van der Waals surface area contributed by atoms with Crippen LogP contribution >= 0.6 is 0 Å². The summed E-state index contributed by atoms with van der Waals surface area (Å²) in [6.45, 7) is 0. The van der Waals surface area contributed by atoms with Gasteiger partial charge in [0.05, 0.1) is 18.2 Å². The summed E-state index contributed by atoms with van der Waals surface area (Å²) in [6, 6.07) is 11.4. The second-order valence-electron chi connectivity index (χ2n) is 6.62. The van der Waals surface area contributed by atoms with E-state index in [0.29, 0.717) is 33.2 Å². The summed E-state index contributed by atoms with van der Waals surface area (Å²) in [4.78, 5) is 28.4. The van der Waals surface area contributed by atoms with Crippen LogP contribution in [0.1, 0.15) is 20.7 Å². The van der Waals surface area contributed by atoms with Crippen LogP contribution in [0.2, 0.25) is 0 Å². The van der Waals surface area contributed by atoms with Crippen LogP contribution < -0.4 is 10.1 Å². The Morgan fingerprint density at radius 2 is 1.68 bits per heavy atom. The van der Waals surface area contributed by atoms with Crippen molar-refractivity contribution in [2.45, 2.75) is 0 Å². The van der Waals surface area contributed by atoms with Gasteiger partial charge in [-0.2, -0.15) is 0 Å². The number of aromatic nitrogens is 1. The molecule has 7 nitrogen and oxygen atoms in total. The molecule has 0 fully saturated rings. The maximum Gasteiger partial charge on any atom is 0.259 e. The molecular formula is C21H14N2O5. The van der Waals surface area contributed by atoms with Crippen molar-refractivity contribution in [1.82, 2.24) is 10.3 Å². The van der Waals surface area contributed by atoms with Crippen LogP contribution in [0.5, 0.6) is 17.2 Å². The number of methoxy groups -OCH3 is 1. The number of aromatic hydroxyl groups is 2. The van der Waals surface area contributed by atoms with Gasteiger partial charge in [-0.25, -0.2) is 0 Å². The normalized spacial score (nSPS) is 13.2. The van der Waals surface area contributed by atoms with Crippen molar-refractivity contribution in [3.05, 3.63) is 53.6 Å². The van der Waals surface area contributed by atoms with Crippen LogP contribution in [0.15, 0.2) is 42.5 Å². The molecule has 4 aromatic rings. The first-order valence-corrected chi connectivity index (χ1v) is 8.52. The highest BCUT2D eigenvalue weighted by atomic mass is 16.5. The van der Waals surface area contributed by atoms with Crippen LogP contribution in [-0.2, 0) is 0 Å². The lowest BCUT2D eigenvalue weighted by Crippen LogP contribution is -2.20. The van der Waals surface area contributed by atoms with E-state index in [1.807, 2.05) is 0 Å². The van der Waals surface area contributed by atoms with Crippen LogP contribution in [0, 0.1) is 0 Å².